The number of hydrogen-bond donors (Lipinski definition) is 3. The van der Waals surface area contributed by atoms with E-state index in [2.05, 4.69) is 10.6 Å². The van der Waals surface area contributed by atoms with Crippen molar-refractivity contribution in [2.24, 2.45) is 11.1 Å². The molecule has 1 amide bonds. The van der Waals surface area contributed by atoms with Crippen LogP contribution in [0.5, 0.6) is 0 Å². The highest BCUT2D eigenvalue weighted by Crippen LogP contribution is 2.13. The topological polar surface area (TPSA) is 67.2 Å². The fraction of sp³-hybridized carbons (Fsp3) is 0.900. The average Bonchev–Trinajstić information content (AvgIpc) is 2.19. The molecule has 0 spiro atoms. The Hall–Kier alpha value is -0.610. The van der Waals surface area contributed by atoms with E-state index in [4.69, 9.17) is 5.73 Å². The van der Waals surface area contributed by atoms with E-state index in [0.29, 0.717) is 6.54 Å². The second kappa shape index (κ2) is 4.75. The molecule has 0 bridgehead atoms. The Morgan fingerprint density at radius 3 is 2.86 bits per heavy atom. The molecule has 1 atom stereocenters. The fourth-order valence-electron chi connectivity index (χ4n) is 1.45. The first-order valence-corrected chi connectivity index (χ1v) is 5.28. The zero-order chi connectivity index (χ0) is 10.6. The number of nitrogens with one attached hydrogen (secondary N) is 2. The maximum atomic E-state index is 11.7. The number of carbonyl (C=O) groups is 1. The summed E-state index contributed by atoms with van der Waals surface area (Å²) >= 11 is 0. The largest absolute Gasteiger partial charge is 0.352 e. The molecular formula is C10H21N3O. The first-order valence-electron chi connectivity index (χ1n) is 5.28. The Labute approximate surface area is 85.6 Å². The molecule has 4 heteroatoms. The summed E-state index contributed by atoms with van der Waals surface area (Å²) in [4.78, 5) is 11.7. The molecule has 82 valence electrons. The van der Waals surface area contributed by atoms with Crippen LogP contribution >= 0.6 is 0 Å². The van der Waals surface area contributed by atoms with Crippen molar-refractivity contribution in [2.75, 3.05) is 19.6 Å². The molecule has 0 aromatic rings. The lowest BCUT2D eigenvalue weighted by Crippen LogP contribution is -2.51. The third-order valence-corrected chi connectivity index (χ3v) is 2.76. The summed E-state index contributed by atoms with van der Waals surface area (Å²) in [5.41, 5.74) is 5.09. The van der Waals surface area contributed by atoms with E-state index in [1.54, 1.807) is 0 Å². The molecule has 1 heterocycles. The van der Waals surface area contributed by atoms with Gasteiger partial charge in [0.2, 0.25) is 5.91 Å². The quantitative estimate of drug-likeness (QED) is 0.591. The third-order valence-electron chi connectivity index (χ3n) is 2.76. The second-order valence-corrected chi connectivity index (χ2v) is 4.60. The molecule has 0 aromatic heterocycles. The van der Waals surface area contributed by atoms with Gasteiger partial charge in [-0.1, -0.05) is 0 Å². The fourth-order valence-corrected chi connectivity index (χ4v) is 1.45. The van der Waals surface area contributed by atoms with Gasteiger partial charge in [-0.15, -0.1) is 0 Å². The highest BCUT2D eigenvalue weighted by molar-refractivity contribution is 5.82. The average molecular weight is 199 g/mol. The summed E-state index contributed by atoms with van der Waals surface area (Å²) in [7, 11) is 0. The molecular weight excluding hydrogens is 178 g/mol. The summed E-state index contributed by atoms with van der Waals surface area (Å²) < 4.78 is 0. The molecule has 1 fully saturated rings. The molecule has 0 radical (unpaired) electrons. The van der Waals surface area contributed by atoms with Gasteiger partial charge >= 0.3 is 0 Å². The van der Waals surface area contributed by atoms with Crippen molar-refractivity contribution in [1.29, 1.82) is 0 Å². The van der Waals surface area contributed by atoms with Crippen molar-refractivity contribution in [3.05, 3.63) is 0 Å². The van der Waals surface area contributed by atoms with Gasteiger partial charge in [-0.3, -0.25) is 4.79 Å². The summed E-state index contributed by atoms with van der Waals surface area (Å²) in [6, 6.07) is 0.280. The smallest absolute Gasteiger partial charge is 0.227 e. The summed E-state index contributed by atoms with van der Waals surface area (Å²) in [6.07, 6.45) is 2.20. The van der Waals surface area contributed by atoms with Crippen molar-refractivity contribution in [3.63, 3.8) is 0 Å². The number of piperidine rings is 1. The Morgan fingerprint density at radius 2 is 2.36 bits per heavy atom. The minimum Gasteiger partial charge on any atom is -0.352 e. The number of rotatable bonds is 3. The normalized spacial score (nSPS) is 23.2. The lowest BCUT2D eigenvalue weighted by atomic mass is 9.92. The minimum atomic E-state index is -0.447. The first kappa shape index (κ1) is 11.5. The van der Waals surface area contributed by atoms with Crippen molar-refractivity contribution in [2.45, 2.75) is 32.7 Å². The van der Waals surface area contributed by atoms with Crippen LogP contribution in [0.1, 0.15) is 26.7 Å². The summed E-state index contributed by atoms with van der Waals surface area (Å²) in [5, 5.41) is 6.29. The summed E-state index contributed by atoms with van der Waals surface area (Å²) in [5.74, 6) is 0.0636. The van der Waals surface area contributed by atoms with Crippen LogP contribution in [-0.4, -0.2) is 31.6 Å². The van der Waals surface area contributed by atoms with E-state index < -0.39 is 5.41 Å². The molecule has 0 aliphatic carbocycles. The van der Waals surface area contributed by atoms with Gasteiger partial charge in [0.05, 0.1) is 5.41 Å². The third kappa shape index (κ3) is 2.96. The first-order chi connectivity index (χ1) is 6.56. The molecule has 0 saturated carbocycles. The van der Waals surface area contributed by atoms with Gasteiger partial charge in [0, 0.05) is 19.1 Å². The predicted octanol–water partition coefficient (Wildman–Crippen LogP) is -0.160. The molecule has 0 unspecified atom stereocenters. The SMILES string of the molecule is CC(C)(CN)C(=O)N[C@H]1CCCNC1. The molecule has 4 nitrogen and oxygen atoms in total. The zero-order valence-electron chi connectivity index (χ0n) is 9.10. The van der Waals surface area contributed by atoms with E-state index in [1.165, 1.54) is 0 Å². The highest BCUT2D eigenvalue weighted by Gasteiger charge is 2.27. The zero-order valence-corrected chi connectivity index (χ0v) is 9.10. The van der Waals surface area contributed by atoms with Crippen LogP contribution in [0, 0.1) is 5.41 Å². The van der Waals surface area contributed by atoms with Gasteiger partial charge in [0.15, 0.2) is 0 Å². The van der Waals surface area contributed by atoms with Crippen LogP contribution in [0.15, 0.2) is 0 Å². The standard InChI is InChI=1S/C10H21N3O/c1-10(2,7-11)9(14)13-8-4-3-5-12-6-8/h8,12H,3-7,11H2,1-2H3,(H,13,14)/t8-/m0/s1. The Morgan fingerprint density at radius 1 is 1.64 bits per heavy atom. The van der Waals surface area contributed by atoms with Crippen molar-refractivity contribution >= 4 is 5.91 Å². The van der Waals surface area contributed by atoms with E-state index in [-0.39, 0.29) is 11.9 Å². The van der Waals surface area contributed by atoms with E-state index in [1.807, 2.05) is 13.8 Å². The molecule has 1 aliphatic heterocycles. The van der Waals surface area contributed by atoms with Gasteiger partial charge in [-0.2, -0.15) is 0 Å². The number of amides is 1. The van der Waals surface area contributed by atoms with Crippen LogP contribution < -0.4 is 16.4 Å². The van der Waals surface area contributed by atoms with E-state index >= 15 is 0 Å². The van der Waals surface area contributed by atoms with Crippen LogP contribution in [0.2, 0.25) is 0 Å². The van der Waals surface area contributed by atoms with Crippen LogP contribution in [0.3, 0.4) is 0 Å². The molecule has 14 heavy (non-hydrogen) atoms. The van der Waals surface area contributed by atoms with Crippen LogP contribution in [0.25, 0.3) is 0 Å². The lowest BCUT2D eigenvalue weighted by Gasteiger charge is -2.28. The van der Waals surface area contributed by atoms with Crippen LogP contribution in [0.4, 0.5) is 0 Å². The van der Waals surface area contributed by atoms with Crippen LogP contribution in [-0.2, 0) is 4.79 Å². The lowest BCUT2D eigenvalue weighted by molar-refractivity contribution is -0.129. The molecule has 0 aromatic carbocycles. The van der Waals surface area contributed by atoms with Crippen molar-refractivity contribution in [3.8, 4) is 0 Å². The maximum Gasteiger partial charge on any atom is 0.227 e. The molecule has 4 N–H and O–H groups in total. The van der Waals surface area contributed by atoms with Gasteiger partial charge in [0.1, 0.15) is 0 Å². The molecule has 1 rings (SSSR count). The van der Waals surface area contributed by atoms with Crippen molar-refractivity contribution in [1.82, 2.24) is 10.6 Å². The van der Waals surface area contributed by atoms with Gasteiger partial charge < -0.3 is 16.4 Å². The summed E-state index contributed by atoms with van der Waals surface area (Å²) in [6.45, 7) is 6.08. The Balaban J connectivity index is 2.39. The molecule has 1 saturated heterocycles. The Kier molecular flexibility index (Phi) is 3.89. The predicted molar refractivity (Wildman–Crippen MR) is 56.9 cm³/mol. The van der Waals surface area contributed by atoms with Gasteiger partial charge in [-0.05, 0) is 33.2 Å². The van der Waals surface area contributed by atoms with E-state index in [0.717, 1.165) is 25.9 Å². The minimum absolute atomic E-state index is 0.0636. The van der Waals surface area contributed by atoms with E-state index in [9.17, 15) is 4.79 Å². The number of nitrogens with two attached hydrogens (primary N) is 1. The van der Waals surface area contributed by atoms with Crippen molar-refractivity contribution < 1.29 is 4.79 Å². The second-order valence-electron chi connectivity index (χ2n) is 4.60. The Bertz CT molecular complexity index is 198. The maximum absolute atomic E-state index is 11.7. The molecule has 1 aliphatic rings. The number of carbonyl (C=O) groups excluding carboxylic acids is 1. The van der Waals surface area contributed by atoms with Gasteiger partial charge in [0.25, 0.3) is 0 Å². The monoisotopic (exact) mass is 199 g/mol. The number of hydrogen-bond acceptors (Lipinski definition) is 3. The van der Waals surface area contributed by atoms with Gasteiger partial charge in [-0.25, -0.2) is 0 Å². The highest BCUT2D eigenvalue weighted by atomic mass is 16.2.